The van der Waals surface area contributed by atoms with Crippen molar-refractivity contribution in [3.05, 3.63) is 150 Å². The number of aromatic nitrogens is 2. The Kier molecular flexibility index (Phi) is 12.0. The van der Waals surface area contributed by atoms with Crippen molar-refractivity contribution in [3.63, 3.8) is 0 Å². The van der Waals surface area contributed by atoms with Crippen LogP contribution in [0.3, 0.4) is 0 Å². The summed E-state index contributed by atoms with van der Waals surface area (Å²) in [6.07, 6.45) is 16.2. The number of aryl methyl sites for hydroxylation is 3. The van der Waals surface area contributed by atoms with Gasteiger partial charge in [-0.3, -0.25) is 9.98 Å². The highest BCUT2D eigenvalue weighted by Gasteiger charge is 2.54. The Labute approximate surface area is 340 Å². The number of unbranched alkanes of at least 4 members (excludes halogenated alkanes) is 1. The molecule has 0 fully saturated rings. The van der Waals surface area contributed by atoms with E-state index in [1.165, 1.54) is 0 Å². The summed E-state index contributed by atoms with van der Waals surface area (Å²) >= 11 is 0. The van der Waals surface area contributed by atoms with E-state index >= 15 is 0 Å². The number of aliphatic imine (C=N–C) groups is 1. The maximum Gasteiger partial charge on any atom is 0.134 e. The van der Waals surface area contributed by atoms with Crippen LogP contribution in [-0.4, -0.2) is 76.5 Å². The predicted molar refractivity (Wildman–Crippen MR) is 243 cm³/mol. The topological polar surface area (TPSA) is 76.9 Å². The molecular formula is C50H58N6O. The Balaban J connectivity index is 1.38. The minimum atomic E-state index is -0.626. The van der Waals surface area contributed by atoms with Crippen LogP contribution in [-0.2, 0) is 0 Å². The molecule has 1 atom stereocenters. The van der Waals surface area contributed by atoms with Gasteiger partial charge in [-0.1, -0.05) is 67.8 Å². The van der Waals surface area contributed by atoms with Crippen LogP contribution in [0.4, 0.5) is 5.82 Å². The number of hydrogen-bond acceptors (Lipinski definition) is 7. The molecule has 0 amide bonds. The summed E-state index contributed by atoms with van der Waals surface area (Å²) in [5.41, 5.74) is 14.6. The highest BCUT2D eigenvalue weighted by atomic mass is 16.2. The number of anilines is 1. The van der Waals surface area contributed by atoms with E-state index in [4.69, 9.17) is 15.0 Å². The van der Waals surface area contributed by atoms with Crippen molar-refractivity contribution in [1.82, 2.24) is 19.8 Å². The van der Waals surface area contributed by atoms with E-state index in [9.17, 15) is 5.11 Å². The summed E-state index contributed by atoms with van der Waals surface area (Å²) in [6, 6.07) is 21.7. The van der Waals surface area contributed by atoms with Crippen molar-refractivity contribution in [1.29, 1.82) is 0 Å². The molecule has 7 nitrogen and oxygen atoms in total. The van der Waals surface area contributed by atoms with Gasteiger partial charge in [-0.05, 0) is 118 Å². The molecule has 2 aromatic carbocycles. The Morgan fingerprint density at radius 1 is 0.930 bits per heavy atom. The van der Waals surface area contributed by atoms with Crippen LogP contribution in [0.25, 0.3) is 44.8 Å². The van der Waals surface area contributed by atoms with Crippen LogP contribution in [0.5, 0.6) is 0 Å². The zero-order chi connectivity index (χ0) is 41.1. The lowest BCUT2D eigenvalue weighted by atomic mass is 9.74. The van der Waals surface area contributed by atoms with Gasteiger partial charge in [-0.2, -0.15) is 0 Å². The average molecular weight is 759 g/mol. The highest BCUT2D eigenvalue weighted by molar-refractivity contribution is 6.15. The summed E-state index contributed by atoms with van der Waals surface area (Å²) in [6.45, 7) is 22.1. The van der Waals surface area contributed by atoms with Gasteiger partial charge in [-0.15, -0.1) is 0 Å². The van der Waals surface area contributed by atoms with Crippen molar-refractivity contribution in [3.8, 4) is 22.5 Å². The number of hydrogen-bond donors (Lipinski definition) is 2. The van der Waals surface area contributed by atoms with Crippen molar-refractivity contribution >= 4 is 34.3 Å². The number of aliphatic hydroxyl groups is 1. The van der Waals surface area contributed by atoms with Gasteiger partial charge in [0.1, 0.15) is 11.4 Å². The van der Waals surface area contributed by atoms with E-state index in [1.807, 2.05) is 50.4 Å². The molecular weight excluding hydrogens is 701 g/mol. The fourth-order valence-corrected chi connectivity index (χ4v) is 7.96. The van der Waals surface area contributed by atoms with Crippen LogP contribution in [0, 0.1) is 20.8 Å². The number of nitrogens with one attached hydrogen (secondary N) is 1. The smallest absolute Gasteiger partial charge is 0.134 e. The number of nitrogens with zero attached hydrogens (tertiary/aromatic N) is 5. The van der Waals surface area contributed by atoms with Crippen molar-refractivity contribution in [2.75, 3.05) is 39.6 Å². The van der Waals surface area contributed by atoms with Gasteiger partial charge in [0.15, 0.2) is 0 Å². The lowest BCUT2D eigenvalue weighted by Gasteiger charge is -2.41. The van der Waals surface area contributed by atoms with Crippen LogP contribution in [0.1, 0.15) is 72.7 Å². The highest BCUT2D eigenvalue weighted by Crippen LogP contribution is 2.52. The monoisotopic (exact) mass is 758 g/mol. The molecule has 294 valence electrons. The normalized spacial score (nSPS) is 17.4. The van der Waals surface area contributed by atoms with E-state index in [-0.39, 0.29) is 12.1 Å². The molecule has 2 N–H and O–H groups in total. The quantitative estimate of drug-likeness (QED) is 0.0985. The molecule has 0 aliphatic carbocycles. The fourth-order valence-electron chi connectivity index (χ4n) is 7.96. The molecule has 0 bridgehead atoms. The Morgan fingerprint density at radius 2 is 1.61 bits per heavy atom. The number of pyridine rings is 2. The number of allylic oxidation sites excluding steroid dienone is 6. The number of aliphatic hydroxyl groups excluding tert-OH is 1. The average Bonchev–Trinajstić information content (AvgIpc) is 3.72. The van der Waals surface area contributed by atoms with E-state index < -0.39 is 5.54 Å². The van der Waals surface area contributed by atoms with Gasteiger partial charge >= 0.3 is 0 Å². The van der Waals surface area contributed by atoms with Crippen molar-refractivity contribution in [2.45, 2.75) is 65.5 Å². The van der Waals surface area contributed by atoms with Gasteiger partial charge in [-0.25, -0.2) is 4.98 Å². The summed E-state index contributed by atoms with van der Waals surface area (Å²) in [4.78, 5) is 20.2. The standard InChI is InChI=1S/C50H58N6O/c1-12-18-33(3)43-25-34(4)47(54-48(43)51-23-14-15-24-57)41-22-17-20-39(28-41)45-32-56(11)49(7,8)50(45)29-42(30-52-50)44-26-35(5)46(53-36(44)6)40-21-16-19-38(27-40)37(13-2)31-55(9)10/h12-13,16-22,25-32,57H,2-3,14-15,23-24H2,1,4-11H3,(H,51,54)/b18-12-,37-31+. The first-order valence-electron chi connectivity index (χ1n) is 19.9. The van der Waals surface area contributed by atoms with Crippen LogP contribution in [0.15, 0.2) is 116 Å². The lowest BCUT2D eigenvalue weighted by molar-refractivity contribution is 0.200. The molecule has 57 heavy (non-hydrogen) atoms. The molecule has 6 rings (SSSR count). The molecule has 0 saturated carbocycles. The van der Waals surface area contributed by atoms with Gasteiger partial charge in [0.05, 0.1) is 16.9 Å². The maximum absolute atomic E-state index is 9.34. The molecule has 2 aliphatic rings. The van der Waals surface area contributed by atoms with Gasteiger partial charge in [0.2, 0.25) is 0 Å². The number of rotatable bonds is 14. The first-order chi connectivity index (χ1) is 27.2. The zero-order valence-corrected chi connectivity index (χ0v) is 35.2. The summed E-state index contributed by atoms with van der Waals surface area (Å²) in [5.74, 6) is 0.799. The second kappa shape index (κ2) is 16.7. The van der Waals surface area contributed by atoms with Crippen LogP contribution >= 0.6 is 0 Å². The molecule has 1 unspecified atom stereocenters. The van der Waals surface area contributed by atoms with Crippen molar-refractivity contribution in [2.24, 2.45) is 4.99 Å². The lowest BCUT2D eigenvalue weighted by Crippen LogP contribution is -2.51. The Hall–Kier alpha value is -5.79. The van der Waals surface area contributed by atoms with E-state index in [2.05, 4.69) is 144 Å². The molecule has 4 aromatic rings. The molecule has 2 aliphatic heterocycles. The van der Waals surface area contributed by atoms with Gasteiger partial charge in [0.25, 0.3) is 0 Å². The molecule has 4 heterocycles. The summed E-state index contributed by atoms with van der Waals surface area (Å²) in [7, 11) is 6.18. The minimum Gasteiger partial charge on any atom is -0.396 e. The molecule has 1 spiro atoms. The number of benzene rings is 2. The maximum atomic E-state index is 9.34. The third-order valence-electron chi connectivity index (χ3n) is 11.4. The summed E-state index contributed by atoms with van der Waals surface area (Å²) in [5, 5.41) is 12.9. The first kappa shape index (κ1) is 40.9. The van der Waals surface area contributed by atoms with Gasteiger partial charge < -0.3 is 20.2 Å². The van der Waals surface area contributed by atoms with Gasteiger partial charge in [0, 0.05) is 92.0 Å². The molecule has 7 heteroatoms. The molecule has 0 radical (unpaired) electrons. The van der Waals surface area contributed by atoms with Crippen molar-refractivity contribution < 1.29 is 5.11 Å². The largest absolute Gasteiger partial charge is 0.396 e. The SMILES string of the molecule is C=C/C(=C\N(C)C)c1cccc(-c2nc(C)c(C3=CC4(N=C3)C(c3cccc(-c5nc(NCCCCO)c(C(=C)/C=C\C)cc5C)c3)=CN(C)C4(C)C)cc2C)c1. The van der Waals surface area contributed by atoms with Crippen LogP contribution < -0.4 is 5.32 Å². The minimum absolute atomic E-state index is 0.174. The zero-order valence-electron chi connectivity index (χ0n) is 35.2. The third kappa shape index (κ3) is 7.94. The molecule has 0 saturated heterocycles. The Morgan fingerprint density at radius 3 is 2.32 bits per heavy atom. The third-order valence-corrected chi connectivity index (χ3v) is 11.4. The van der Waals surface area contributed by atoms with E-state index in [0.717, 1.165) is 103 Å². The Bertz CT molecular complexity index is 2360. The predicted octanol–water partition coefficient (Wildman–Crippen LogP) is 10.6. The van der Waals surface area contributed by atoms with Crippen LogP contribution in [0.2, 0.25) is 0 Å². The molecule has 2 aromatic heterocycles. The van der Waals surface area contributed by atoms with E-state index in [0.29, 0.717) is 6.54 Å². The second-order valence-electron chi connectivity index (χ2n) is 16.0. The van der Waals surface area contributed by atoms with E-state index in [1.54, 1.807) is 0 Å². The second-order valence-corrected chi connectivity index (χ2v) is 16.0. The number of likely N-dealkylation sites (N-methyl/N-ethyl adjacent to an activating group) is 1. The summed E-state index contributed by atoms with van der Waals surface area (Å²) < 4.78 is 0. The first-order valence-corrected chi connectivity index (χ1v) is 19.9. The fraction of sp³-hybridized carbons (Fsp3) is 0.300.